The fourth-order valence-electron chi connectivity index (χ4n) is 3.73. The van der Waals surface area contributed by atoms with Crippen LogP contribution in [-0.2, 0) is 6.42 Å². The summed E-state index contributed by atoms with van der Waals surface area (Å²) in [7, 11) is 2.07. The van der Waals surface area contributed by atoms with Crippen molar-refractivity contribution in [2.24, 2.45) is 0 Å². The summed E-state index contributed by atoms with van der Waals surface area (Å²) in [5, 5.41) is 3.12. The Hall–Kier alpha value is -2.69. The van der Waals surface area contributed by atoms with Gasteiger partial charge in [0.25, 0.3) is 5.91 Å². The zero-order chi connectivity index (χ0) is 17.4. The maximum Gasteiger partial charge on any atom is 0.253 e. The Bertz CT molecular complexity index is 847. The molecule has 4 rings (SSSR count). The summed E-state index contributed by atoms with van der Waals surface area (Å²) in [5.74, 6) is -0.0777. The average molecular weight is 335 g/mol. The first-order chi connectivity index (χ1) is 12.1. The van der Waals surface area contributed by atoms with Gasteiger partial charge in [-0.25, -0.2) is 0 Å². The predicted octanol–water partition coefficient (Wildman–Crippen LogP) is 2.91. The van der Waals surface area contributed by atoms with Crippen molar-refractivity contribution in [3.05, 3.63) is 58.9 Å². The molecule has 1 aliphatic carbocycles. The van der Waals surface area contributed by atoms with Crippen LogP contribution < -0.4 is 10.2 Å². The molecule has 2 aliphatic rings. The van der Waals surface area contributed by atoms with Gasteiger partial charge in [-0.1, -0.05) is 18.2 Å². The van der Waals surface area contributed by atoms with E-state index >= 15 is 0 Å². The summed E-state index contributed by atoms with van der Waals surface area (Å²) in [4.78, 5) is 31.3. The first-order valence-electron chi connectivity index (χ1n) is 8.76. The van der Waals surface area contributed by atoms with Gasteiger partial charge in [-0.2, -0.15) is 0 Å². The van der Waals surface area contributed by atoms with E-state index in [1.807, 2.05) is 12.1 Å². The van der Waals surface area contributed by atoms with Crippen LogP contribution in [0.4, 0.5) is 5.69 Å². The molecule has 1 aromatic heterocycles. The minimum Gasteiger partial charge on any atom is -0.374 e. The van der Waals surface area contributed by atoms with Crippen LogP contribution in [0.1, 0.15) is 57.3 Å². The molecule has 1 aromatic carbocycles. The maximum absolute atomic E-state index is 12.7. The van der Waals surface area contributed by atoms with Gasteiger partial charge < -0.3 is 10.2 Å². The van der Waals surface area contributed by atoms with Gasteiger partial charge in [0.1, 0.15) is 0 Å². The van der Waals surface area contributed by atoms with Crippen molar-refractivity contribution >= 4 is 17.4 Å². The zero-order valence-corrected chi connectivity index (χ0v) is 14.3. The number of pyridine rings is 1. The van der Waals surface area contributed by atoms with Gasteiger partial charge >= 0.3 is 0 Å². The molecule has 1 unspecified atom stereocenters. The van der Waals surface area contributed by atoms with Crippen LogP contribution >= 0.6 is 0 Å². The molecular formula is C20H21N3O2. The third-order valence-electron chi connectivity index (χ3n) is 5.13. The maximum atomic E-state index is 12.7. The van der Waals surface area contributed by atoms with E-state index in [4.69, 9.17) is 0 Å². The van der Waals surface area contributed by atoms with Gasteiger partial charge in [-0.05, 0) is 37.0 Å². The first-order valence-corrected chi connectivity index (χ1v) is 8.76. The van der Waals surface area contributed by atoms with Crippen LogP contribution in [0.15, 0.2) is 36.5 Å². The number of carbonyl (C=O) groups is 2. The van der Waals surface area contributed by atoms with E-state index in [9.17, 15) is 9.59 Å². The Kier molecular flexibility index (Phi) is 3.99. The highest BCUT2D eigenvalue weighted by Crippen LogP contribution is 2.32. The van der Waals surface area contributed by atoms with Gasteiger partial charge in [0.15, 0.2) is 5.78 Å². The van der Waals surface area contributed by atoms with Crippen molar-refractivity contribution in [3.8, 4) is 0 Å². The van der Waals surface area contributed by atoms with E-state index < -0.39 is 0 Å². The lowest BCUT2D eigenvalue weighted by molar-refractivity contribution is 0.0934. The van der Waals surface area contributed by atoms with Gasteiger partial charge in [0, 0.05) is 37.5 Å². The van der Waals surface area contributed by atoms with Crippen molar-refractivity contribution in [1.82, 2.24) is 10.3 Å². The number of para-hydroxylation sites is 1. The fraction of sp³-hybridized carbons (Fsp3) is 0.350. The highest BCUT2D eigenvalue weighted by Gasteiger charge is 2.26. The summed E-state index contributed by atoms with van der Waals surface area (Å²) in [6.07, 6.45) is 4.65. The number of aryl methyl sites for hydroxylation is 1. The quantitative estimate of drug-likeness (QED) is 0.917. The number of rotatable bonds is 2. The monoisotopic (exact) mass is 335 g/mol. The van der Waals surface area contributed by atoms with Crippen LogP contribution in [0.5, 0.6) is 0 Å². The third kappa shape index (κ3) is 2.90. The van der Waals surface area contributed by atoms with Crippen molar-refractivity contribution in [2.45, 2.75) is 31.7 Å². The van der Waals surface area contributed by atoms with Crippen LogP contribution in [0.25, 0.3) is 0 Å². The number of nitrogens with one attached hydrogen (secondary N) is 1. The van der Waals surface area contributed by atoms with E-state index in [2.05, 4.69) is 34.4 Å². The number of benzene rings is 1. The van der Waals surface area contributed by atoms with E-state index in [1.54, 1.807) is 12.3 Å². The molecule has 0 spiro atoms. The number of carbonyl (C=O) groups excluding carboxylic acids is 2. The van der Waals surface area contributed by atoms with Crippen LogP contribution in [0.3, 0.4) is 0 Å². The summed E-state index contributed by atoms with van der Waals surface area (Å²) in [6.45, 7) is 0.892. The largest absolute Gasteiger partial charge is 0.374 e. The standard InChI is InChI=1S/C20H21N3O2/c1-23-10-9-17(14-5-2-3-7-18(14)23)22-20(25)13-11-15-16(21-12-13)6-4-8-19(15)24/h2-3,5,7,11-12,17H,4,6,8-10H2,1H3,(H,22,25). The molecule has 1 amide bonds. The first kappa shape index (κ1) is 15.8. The molecule has 1 aliphatic heterocycles. The second-order valence-corrected chi connectivity index (χ2v) is 6.79. The van der Waals surface area contributed by atoms with E-state index in [0.29, 0.717) is 17.5 Å². The predicted molar refractivity (Wildman–Crippen MR) is 96.0 cm³/mol. The number of anilines is 1. The smallest absolute Gasteiger partial charge is 0.253 e. The number of hydrogen-bond donors (Lipinski definition) is 1. The Morgan fingerprint density at radius 3 is 3.00 bits per heavy atom. The summed E-state index contributed by atoms with van der Waals surface area (Å²) in [5.41, 5.74) is 4.18. The number of hydrogen-bond acceptors (Lipinski definition) is 4. The number of Topliss-reactive ketones (excluding diaryl/α,β-unsaturated/α-hetero) is 1. The Balaban J connectivity index is 1.58. The third-order valence-corrected chi connectivity index (χ3v) is 5.13. The Morgan fingerprint density at radius 1 is 1.28 bits per heavy atom. The molecule has 2 aromatic rings. The second-order valence-electron chi connectivity index (χ2n) is 6.79. The number of amides is 1. The summed E-state index contributed by atoms with van der Waals surface area (Å²) in [6, 6.07) is 9.83. The van der Waals surface area contributed by atoms with Gasteiger partial charge in [0.05, 0.1) is 17.3 Å². The molecule has 5 heteroatoms. The van der Waals surface area contributed by atoms with Gasteiger partial charge in [0.2, 0.25) is 0 Å². The van der Waals surface area contributed by atoms with Crippen molar-refractivity contribution < 1.29 is 9.59 Å². The number of nitrogens with zero attached hydrogens (tertiary/aromatic N) is 2. The van der Waals surface area contributed by atoms with Crippen molar-refractivity contribution in [3.63, 3.8) is 0 Å². The molecule has 1 atom stereocenters. The van der Waals surface area contributed by atoms with Crippen LogP contribution in [-0.4, -0.2) is 30.3 Å². The van der Waals surface area contributed by atoms with Crippen molar-refractivity contribution in [1.29, 1.82) is 0 Å². The number of aromatic nitrogens is 1. The molecule has 1 N–H and O–H groups in total. The van der Waals surface area contributed by atoms with Crippen LogP contribution in [0.2, 0.25) is 0 Å². The van der Waals surface area contributed by atoms with E-state index in [0.717, 1.165) is 42.8 Å². The zero-order valence-electron chi connectivity index (χ0n) is 14.3. The van der Waals surface area contributed by atoms with Gasteiger partial charge in [-0.3, -0.25) is 14.6 Å². The minimum atomic E-state index is -0.168. The summed E-state index contributed by atoms with van der Waals surface area (Å²) < 4.78 is 0. The van der Waals surface area contributed by atoms with E-state index in [1.165, 1.54) is 0 Å². The Labute approximate surface area is 147 Å². The summed E-state index contributed by atoms with van der Waals surface area (Å²) >= 11 is 0. The lowest BCUT2D eigenvalue weighted by Gasteiger charge is -2.33. The molecule has 0 radical (unpaired) electrons. The normalized spacial score (nSPS) is 19.2. The van der Waals surface area contributed by atoms with E-state index in [-0.39, 0.29) is 17.7 Å². The lowest BCUT2D eigenvalue weighted by Crippen LogP contribution is -2.36. The highest BCUT2D eigenvalue weighted by atomic mass is 16.1. The average Bonchev–Trinajstić information content (AvgIpc) is 2.64. The second kappa shape index (κ2) is 6.31. The molecule has 0 bridgehead atoms. The Morgan fingerprint density at radius 2 is 2.12 bits per heavy atom. The molecule has 5 nitrogen and oxygen atoms in total. The topological polar surface area (TPSA) is 62.3 Å². The highest BCUT2D eigenvalue weighted by molar-refractivity contribution is 6.01. The van der Waals surface area contributed by atoms with Crippen LogP contribution in [0, 0.1) is 0 Å². The molecule has 0 saturated heterocycles. The molecule has 2 heterocycles. The lowest BCUT2D eigenvalue weighted by atomic mass is 9.93. The molecule has 25 heavy (non-hydrogen) atoms. The number of ketones is 1. The molecule has 128 valence electrons. The van der Waals surface area contributed by atoms with Gasteiger partial charge in [-0.15, -0.1) is 0 Å². The van der Waals surface area contributed by atoms with Crippen molar-refractivity contribution in [2.75, 3.05) is 18.5 Å². The molecule has 0 saturated carbocycles. The molecule has 0 fully saturated rings. The SMILES string of the molecule is CN1CCC(NC(=O)c2cnc3c(c2)C(=O)CCC3)c2ccccc21. The minimum absolute atomic E-state index is 0.0216. The fourth-order valence-corrected chi connectivity index (χ4v) is 3.73. The number of fused-ring (bicyclic) bond motifs is 2. The molecular weight excluding hydrogens is 314 g/mol.